The van der Waals surface area contributed by atoms with Gasteiger partial charge in [-0.15, -0.1) is 0 Å². The maximum absolute atomic E-state index is 12.9. The van der Waals surface area contributed by atoms with E-state index < -0.39 is 11.7 Å². The zero-order chi connectivity index (χ0) is 23.7. The van der Waals surface area contributed by atoms with E-state index in [9.17, 15) is 15.0 Å². The molecule has 6 heteroatoms. The van der Waals surface area contributed by atoms with Gasteiger partial charge in [0.2, 0.25) is 0 Å². The topological polar surface area (TPSA) is 87.4 Å². The van der Waals surface area contributed by atoms with E-state index in [-0.39, 0.29) is 11.9 Å². The zero-order valence-electron chi connectivity index (χ0n) is 19.2. The maximum atomic E-state index is 12.9. The summed E-state index contributed by atoms with van der Waals surface area (Å²) in [5.74, 6) is 0.297. The summed E-state index contributed by atoms with van der Waals surface area (Å²) in [7, 11) is 0. The number of rotatable bonds is 6. The van der Waals surface area contributed by atoms with Crippen LogP contribution in [0.4, 0.5) is 0 Å². The maximum Gasteiger partial charge on any atom is 0.251 e. The normalized spacial score (nSPS) is 18.3. The molecule has 174 valence electrons. The fourth-order valence-corrected chi connectivity index (χ4v) is 5.00. The zero-order valence-corrected chi connectivity index (χ0v) is 19.2. The van der Waals surface area contributed by atoms with Gasteiger partial charge in [-0.1, -0.05) is 60.7 Å². The van der Waals surface area contributed by atoms with Gasteiger partial charge in [-0.3, -0.25) is 4.79 Å². The van der Waals surface area contributed by atoms with E-state index in [1.165, 1.54) is 0 Å². The SMILES string of the molecule is CCn1c(C(O)(c2ccccc2)c2ccccc2)nc2ccc(C(=O)N[C@@H]3CCC[C@H]3O)cc21. The second kappa shape index (κ2) is 9.05. The summed E-state index contributed by atoms with van der Waals surface area (Å²) in [6.07, 6.45) is 1.92. The lowest BCUT2D eigenvalue weighted by atomic mass is 9.85. The Kier molecular flexibility index (Phi) is 5.94. The first-order valence-corrected chi connectivity index (χ1v) is 11.9. The number of amides is 1. The first-order valence-electron chi connectivity index (χ1n) is 11.9. The highest BCUT2D eigenvalue weighted by molar-refractivity contribution is 5.97. The largest absolute Gasteiger partial charge is 0.391 e. The van der Waals surface area contributed by atoms with Crippen LogP contribution in [0.3, 0.4) is 0 Å². The third-order valence-corrected chi connectivity index (χ3v) is 6.83. The standard InChI is InChI=1S/C28H29N3O3/c1-2-31-24-18-19(26(33)29-23-14-9-15-25(23)32)16-17-22(24)30-27(31)28(34,20-10-5-3-6-11-20)21-12-7-4-8-13-21/h3-8,10-13,16-18,23,25,32,34H,2,9,14-15H2,1H3,(H,29,33)/t23-,25-/m1/s1. The quantitative estimate of drug-likeness (QED) is 0.410. The van der Waals surface area contributed by atoms with E-state index in [0.29, 0.717) is 29.9 Å². The molecular weight excluding hydrogens is 426 g/mol. The molecule has 5 rings (SSSR count). The molecule has 1 aliphatic rings. The van der Waals surface area contributed by atoms with Crippen LogP contribution in [0.5, 0.6) is 0 Å². The van der Waals surface area contributed by atoms with E-state index >= 15 is 0 Å². The number of carbonyl (C=O) groups is 1. The molecule has 1 amide bonds. The van der Waals surface area contributed by atoms with Crippen LogP contribution in [-0.4, -0.2) is 37.8 Å². The summed E-state index contributed by atoms with van der Waals surface area (Å²) < 4.78 is 1.97. The number of hydrogen-bond acceptors (Lipinski definition) is 4. The molecule has 0 bridgehead atoms. The Bertz CT molecular complexity index is 1260. The number of aliphatic hydroxyl groups excluding tert-OH is 1. The predicted octanol–water partition coefficient (Wildman–Crippen LogP) is 3.98. The van der Waals surface area contributed by atoms with Crippen LogP contribution in [0.2, 0.25) is 0 Å². The number of carbonyl (C=O) groups excluding carboxylic acids is 1. The van der Waals surface area contributed by atoms with Crippen molar-refractivity contribution in [3.63, 3.8) is 0 Å². The van der Waals surface area contributed by atoms with Gasteiger partial charge in [-0.2, -0.15) is 0 Å². The van der Waals surface area contributed by atoms with Gasteiger partial charge in [0.1, 0.15) is 0 Å². The van der Waals surface area contributed by atoms with Crippen LogP contribution in [0.15, 0.2) is 78.9 Å². The monoisotopic (exact) mass is 455 g/mol. The Labute approximate surface area is 198 Å². The van der Waals surface area contributed by atoms with Crippen LogP contribution in [-0.2, 0) is 12.1 Å². The van der Waals surface area contributed by atoms with Crippen molar-refractivity contribution in [2.24, 2.45) is 0 Å². The average Bonchev–Trinajstić information content (AvgIpc) is 3.47. The van der Waals surface area contributed by atoms with Crippen molar-refractivity contribution in [1.29, 1.82) is 0 Å². The van der Waals surface area contributed by atoms with Crippen molar-refractivity contribution in [1.82, 2.24) is 14.9 Å². The van der Waals surface area contributed by atoms with Crippen molar-refractivity contribution in [2.45, 2.75) is 50.5 Å². The second-order valence-corrected chi connectivity index (χ2v) is 8.90. The summed E-state index contributed by atoms with van der Waals surface area (Å²) in [6, 6.07) is 24.2. The molecule has 0 unspecified atom stereocenters. The third kappa shape index (κ3) is 3.79. The number of fused-ring (bicyclic) bond motifs is 1. The predicted molar refractivity (Wildman–Crippen MR) is 132 cm³/mol. The Morgan fingerprint density at radius 2 is 1.68 bits per heavy atom. The minimum absolute atomic E-state index is 0.209. The van der Waals surface area contributed by atoms with Crippen LogP contribution < -0.4 is 5.32 Å². The summed E-state index contributed by atoms with van der Waals surface area (Å²) in [4.78, 5) is 17.8. The molecule has 0 saturated heterocycles. The first-order chi connectivity index (χ1) is 16.5. The number of aliphatic hydroxyl groups is 2. The van der Waals surface area contributed by atoms with Crippen LogP contribution in [0, 0.1) is 0 Å². The molecule has 1 heterocycles. The number of hydrogen-bond donors (Lipinski definition) is 3. The molecule has 2 atom stereocenters. The van der Waals surface area contributed by atoms with Crippen LogP contribution in [0.25, 0.3) is 11.0 Å². The second-order valence-electron chi connectivity index (χ2n) is 8.90. The number of benzene rings is 3. The number of aryl methyl sites for hydroxylation is 1. The molecular formula is C28H29N3O3. The van der Waals surface area contributed by atoms with Crippen LogP contribution in [0.1, 0.15) is 53.5 Å². The molecule has 4 aromatic rings. The van der Waals surface area contributed by atoms with Gasteiger partial charge in [-0.05, 0) is 55.5 Å². The van der Waals surface area contributed by atoms with Gasteiger partial charge in [0.05, 0.1) is 23.2 Å². The number of nitrogens with one attached hydrogen (secondary N) is 1. The smallest absolute Gasteiger partial charge is 0.251 e. The van der Waals surface area contributed by atoms with Gasteiger partial charge in [0, 0.05) is 12.1 Å². The van der Waals surface area contributed by atoms with Crippen molar-refractivity contribution < 1.29 is 15.0 Å². The summed E-state index contributed by atoms with van der Waals surface area (Å²) in [5.41, 5.74) is 1.98. The third-order valence-electron chi connectivity index (χ3n) is 6.83. The number of aromatic nitrogens is 2. The fourth-order valence-electron chi connectivity index (χ4n) is 5.00. The lowest BCUT2D eigenvalue weighted by Crippen LogP contribution is -2.39. The van der Waals surface area contributed by atoms with Crippen molar-refractivity contribution in [2.75, 3.05) is 0 Å². The molecule has 3 N–H and O–H groups in total. The van der Waals surface area contributed by atoms with Gasteiger partial charge < -0.3 is 20.1 Å². The molecule has 0 radical (unpaired) electrons. The molecule has 0 aliphatic heterocycles. The molecule has 3 aromatic carbocycles. The van der Waals surface area contributed by atoms with Gasteiger partial charge >= 0.3 is 0 Å². The van der Waals surface area contributed by atoms with E-state index in [4.69, 9.17) is 4.98 Å². The summed E-state index contributed by atoms with van der Waals surface area (Å²) >= 11 is 0. The first kappa shape index (κ1) is 22.3. The minimum Gasteiger partial charge on any atom is -0.391 e. The van der Waals surface area contributed by atoms with E-state index in [1.807, 2.05) is 84.3 Å². The number of imidazole rings is 1. The molecule has 1 aliphatic carbocycles. The molecule has 0 spiro atoms. The highest BCUT2D eigenvalue weighted by Gasteiger charge is 2.39. The van der Waals surface area contributed by atoms with Gasteiger partial charge in [0.25, 0.3) is 5.91 Å². The Hall–Kier alpha value is -3.48. The Morgan fingerprint density at radius 1 is 1.03 bits per heavy atom. The summed E-state index contributed by atoms with van der Waals surface area (Å²) in [6.45, 7) is 2.57. The van der Waals surface area contributed by atoms with Crippen LogP contribution >= 0.6 is 0 Å². The molecule has 1 aromatic heterocycles. The van der Waals surface area contributed by atoms with Gasteiger partial charge in [-0.25, -0.2) is 4.98 Å². The minimum atomic E-state index is -1.46. The molecule has 1 saturated carbocycles. The lowest BCUT2D eigenvalue weighted by Gasteiger charge is -2.29. The fraction of sp³-hybridized carbons (Fsp3) is 0.286. The van der Waals surface area contributed by atoms with E-state index in [2.05, 4.69) is 5.32 Å². The lowest BCUT2D eigenvalue weighted by molar-refractivity contribution is 0.0873. The van der Waals surface area contributed by atoms with Crippen molar-refractivity contribution >= 4 is 16.9 Å². The highest BCUT2D eigenvalue weighted by Crippen LogP contribution is 2.37. The van der Waals surface area contributed by atoms with E-state index in [0.717, 1.165) is 29.5 Å². The van der Waals surface area contributed by atoms with Crippen molar-refractivity contribution in [3.05, 3.63) is 101 Å². The molecule has 1 fully saturated rings. The highest BCUT2D eigenvalue weighted by atomic mass is 16.3. The average molecular weight is 456 g/mol. The summed E-state index contributed by atoms with van der Waals surface area (Å²) in [5, 5.41) is 25.3. The molecule has 6 nitrogen and oxygen atoms in total. The van der Waals surface area contributed by atoms with Gasteiger partial charge in [0.15, 0.2) is 11.4 Å². The Balaban J connectivity index is 1.62. The van der Waals surface area contributed by atoms with Crippen molar-refractivity contribution in [3.8, 4) is 0 Å². The molecule has 34 heavy (non-hydrogen) atoms. The Morgan fingerprint density at radius 3 is 2.24 bits per heavy atom. The van der Waals surface area contributed by atoms with E-state index in [1.54, 1.807) is 6.07 Å². The number of nitrogens with zero attached hydrogens (tertiary/aromatic N) is 2.